The fraction of sp³-hybridized carbons (Fsp3) is 1.00. The molecule has 0 saturated carbocycles. The second kappa shape index (κ2) is 9.63. The summed E-state index contributed by atoms with van der Waals surface area (Å²) in [5, 5.41) is 0. The Balaban J connectivity index is 0. The van der Waals surface area contributed by atoms with Crippen molar-refractivity contribution in [3.63, 3.8) is 0 Å². The molecule has 0 heterocycles. The number of hydrogen-bond donors (Lipinski definition) is 1. The van der Waals surface area contributed by atoms with Crippen LogP contribution in [0.5, 0.6) is 0 Å². The first kappa shape index (κ1) is 15.0. The number of phosphoric ester groups is 1. The Kier molecular flexibility index (Phi) is 12.1. The molecule has 0 aromatic rings. The fourth-order valence-corrected chi connectivity index (χ4v) is 0.836. The monoisotopic (exact) mass is 216 g/mol. The normalized spacial score (nSPS) is 10.4. The van der Waals surface area contributed by atoms with E-state index >= 15 is 0 Å². The van der Waals surface area contributed by atoms with Crippen molar-refractivity contribution < 1.29 is 18.5 Å². The molecule has 0 rings (SSSR count). The van der Waals surface area contributed by atoms with E-state index in [0.717, 1.165) is 14.2 Å². The molecular formula is C6H18O4P2. The van der Waals surface area contributed by atoms with E-state index in [1.165, 1.54) is 19.0 Å². The second-order valence-electron chi connectivity index (χ2n) is 1.98. The minimum absolute atomic E-state index is 1.10. The third kappa shape index (κ3) is 13.2. The molecule has 0 saturated heterocycles. The molecular weight excluding hydrogens is 198 g/mol. The summed E-state index contributed by atoms with van der Waals surface area (Å²) in [6, 6.07) is 0. The van der Waals surface area contributed by atoms with Crippen LogP contribution in [0, 0.1) is 0 Å². The molecule has 6 heteroatoms. The van der Waals surface area contributed by atoms with Gasteiger partial charge in [0.1, 0.15) is 0 Å². The quantitative estimate of drug-likeness (QED) is 0.730. The average Bonchev–Trinajstić information content (AvgIpc) is 2.07. The molecule has 76 valence electrons. The first-order valence-electron chi connectivity index (χ1n) is 3.68. The van der Waals surface area contributed by atoms with Crippen LogP contribution in [0.25, 0.3) is 0 Å². The molecule has 0 aromatic heterocycles. The van der Waals surface area contributed by atoms with E-state index in [0.29, 0.717) is 0 Å². The van der Waals surface area contributed by atoms with E-state index < -0.39 is 7.82 Å². The molecule has 0 bridgehead atoms. The van der Waals surface area contributed by atoms with Crippen LogP contribution in [-0.2, 0) is 13.6 Å². The maximum absolute atomic E-state index is 10.1. The molecule has 1 atom stereocenters. The van der Waals surface area contributed by atoms with Gasteiger partial charge in [-0.15, -0.1) is 9.24 Å². The lowest BCUT2D eigenvalue weighted by Gasteiger charge is -2.01. The summed E-state index contributed by atoms with van der Waals surface area (Å²) in [6.07, 6.45) is 3.94. The molecule has 0 spiro atoms. The van der Waals surface area contributed by atoms with Gasteiger partial charge < -0.3 is 4.89 Å². The lowest BCUT2D eigenvalue weighted by atomic mass is 10.4. The maximum Gasteiger partial charge on any atom is 0.471 e. The first-order valence-corrected chi connectivity index (χ1v) is 5.99. The lowest BCUT2D eigenvalue weighted by Crippen LogP contribution is -1.83. The van der Waals surface area contributed by atoms with Gasteiger partial charge in [-0.05, 0) is 6.16 Å². The topological polar surface area (TPSA) is 55.8 Å². The third-order valence-corrected chi connectivity index (χ3v) is 2.35. The summed E-state index contributed by atoms with van der Waals surface area (Å²) >= 11 is 0. The van der Waals surface area contributed by atoms with Gasteiger partial charge in [0, 0.05) is 14.2 Å². The number of phosphoric acid groups is 1. The van der Waals surface area contributed by atoms with E-state index in [4.69, 9.17) is 4.89 Å². The number of unbranched alkanes of at least 4 members (excludes halogenated alkanes) is 1. The summed E-state index contributed by atoms with van der Waals surface area (Å²) in [6.45, 7) is 2.20. The van der Waals surface area contributed by atoms with Crippen LogP contribution in [0.15, 0.2) is 0 Å². The zero-order chi connectivity index (χ0) is 10.0. The van der Waals surface area contributed by atoms with E-state index in [9.17, 15) is 4.57 Å². The van der Waals surface area contributed by atoms with Gasteiger partial charge in [-0.1, -0.05) is 19.8 Å². The van der Waals surface area contributed by atoms with Crippen LogP contribution in [0.2, 0.25) is 0 Å². The molecule has 1 N–H and O–H groups in total. The van der Waals surface area contributed by atoms with Crippen LogP contribution in [0.3, 0.4) is 0 Å². The van der Waals surface area contributed by atoms with Gasteiger partial charge >= 0.3 is 7.82 Å². The van der Waals surface area contributed by atoms with Crippen LogP contribution in [-0.4, -0.2) is 25.3 Å². The van der Waals surface area contributed by atoms with Gasteiger partial charge in [0.05, 0.1) is 0 Å². The van der Waals surface area contributed by atoms with Gasteiger partial charge in [0.2, 0.25) is 0 Å². The van der Waals surface area contributed by atoms with Crippen LogP contribution < -0.4 is 0 Å². The molecule has 12 heavy (non-hydrogen) atoms. The summed E-state index contributed by atoms with van der Waals surface area (Å²) < 4.78 is 18.0. The van der Waals surface area contributed by atoms with Crippen molar-refractivity contribution in [1.29, 1.82) is 0 Å². The van der Waals surface area contributed by atoms with Gasteiger partial charge in [0.25, 0.3) is 0 Å². The highest BCUT2D eigenvalue weighted by Gasteiger charge is 2.13. The third-order valence-electron chi connectivity index (χ3n) is 1.02. The standard InChI is InChI=1S/C4H11P.C2H7O4P/c1-2-3-4-5;1-5-7(3,4)6-2/h2-5H2,1H3;1-2H3,(H,3,4). The minimum atomic E-state index is -3.65. The highest BCUT2D eigenvalue weighted by molar-refractivity contribution is 7.47. The van der Waals surface area contributed by atoms with Gasteiger partial charge in [-0.3, -0.25) is 9.05 Å². The van der Waals surface area contributed by atoms with Crippen molar-refractivity contribution in [2.24, 2.45) is 0 Å². The SMILES string of the molecule is CCCCP.COP(=O)(O)OC. The highest BCUT2D eigenvalue weighted by Crippen LogP contribution is 2.40. The Hall–Kier alpha value is 0.540. The number of rotatable bonds is 4. The first-order chi connectivity index (χ1) is 5.54. The Bertz CT molecular complexity index is 119. The van der Waals surface area contributed by atoms with E-state index in [-0.39, 0.29) is 0 Å². The van der Waals surface area contributed by atoms with Crippen LogP contribution >= 0.6 is 17.1 Å². The zero-order valence-corrected chi connectivity index (χ0v) is 9.87. The van der Waals surface area contributed by atoms with Crippen molar-refractivity contribution in [1.82, 2.24) is 0 Å². The molecule has 1 unspecified atom stereocenters. The lowest BCUT2D eigenvalue weighted by molar-refractivity contribution is 0.204. The van der Waals surface area contributed by atoms with Gasteiger partial charge in [0.15, 0.2) is 0 Å². The van der Waals surface area contributed by atoms with Crippen LogP contribution in [0.4, 0.5) is 0 Å². The maximum atomic E-state index is 10.1. The summed E-state index contributed by atoms with van der Waals surface area (Å²) in [7, 11) is 1.25. The molecule has 0 aliphatic heterocycles. The Morgan fingerprint density at radius 3 is 1.83 bits per heavy atom. The largest absolute Gasteiger partial charge is 0.471 e. The molecule has 0 aliphatic carbocycles. The molecule has 0 aromatic carbocycles. The molecule has 0 amide bonds. The highest BCUT2D eigenvalue weighted by atomic mass is 31.2. The van der Waals surface area contributed by atoms with E-state index in [1.807, 2.05) is 0 Å². The summed E-state index contributed by atoms with van der Waals surface area (Å²) in [5.74, 6) is 0. The minimum Gasteiger partial charge on any atom is -0.303 e. The molecule has 0 aliphatic rings. The molecule has 4 nitrogen and oxygen atoms in total. The Labute approximate surface area is 76.5 Å². The zero-order valence-electron chi connectivity index (χ0n) is 7.82. The van der Waals surface area contributed by atoms with Crippen molar-refractivity contribution in [3.8, 4) is 0 Å². The van der Waals surface area contributed by atoms with Gasteiger partial charge in [-0.2, -0.15) is 0 Å². The van der Waals surface area contributed by atoms with Gasteiger partial charge in [-0.25, -0.2) is 4.57 Å². The van der Waals surface area contributed by atoms with Crippen molar-refractivity contribution in [3.05, 3.63) is 0 Å². The van der Waals surface area contributed by atoms with Crippen LogP contribution in [0.1, 0.15) is 19.8 Å². The average molecular weight is 216 g/mol. The Morgan fingerprint density at radius 1 is 1.42 bits per heavy atom. The van der Waals surface area contributed by atoms with E-state index in [2.05, 4.69) is 25.2 Å². The smallest absolute Gasteiger partial charge is 0.303 e. The predicted molar refractivity (Wildman–Crippen MR) is 53.3 cm³/mol. The van der Waals surface area contributed by atoms with E-state index in [1.54, 1.807) is 0 Å². The molecule has 0 radical (unpaired) electrons. The summed E-state index contributed by atoms with van der Waals surface area (Å²) in [4.78, 5) is 8.24. The van der Waals surface area contributed by atoms with Crippen molar-refractivity contribution in [2.75, 3.05) is 20.4 Å². The van der Waals surface area contributed by atoms with Crippen molar-refractivity contribution >= 4 is 17.1 Å². The Morgan fingerprint density at radius 2 is 1.83 bits per heavy atom. The summed E-state index contributed by atoms with van der Waals surface area (Å²) in [5.41, 5.74) is 0. The fourth-order valence-electron chi connectivity index (χ4n) is 0.279. The van der Waals surface area contributed by atoms with Crippen molar-refractivity contribution in [2.45, 2.75) is 19.8 Å². The molecule has 0 fully saturated rings. The number of hydrogen-bond acceptors (Lipinski definition) is 3. The predicted octanol–water partition coefficient (Wildman–Crippen LogP) is 2.04. The second-order valence-corrected chi connectivity index (χ2v) is 4.22.